The van der Waals surface area contributed by atoms with Gasteiger partial charge in [-0.15, -0.1) is 0 Å². The molecule has 0 aliphatic heterocycles. The molecule has 0 saturated carbocycles. The normalized spacial score (nSPS) is 11.4. The van der Waals surface area contributed by atoms with Crippen LogP contribution in [0.4, 0.5) is 33.0 Å². The van der Waals surface area contributed by atoms with Crippen LogP contribution >= 0.6 is 22.7 Å². The number of hydrogen-bond donors (Lipinski definition) is 2. The van der Waals surface area contributed by atoms with Crippen LogP contribution in [0.5, 0.6) is 11.5 Å². The van der Waals surface area contributed by atoms with Crippen molar-refractivity contribution in [1.82, 2.24) is 0 Å². The molecule has 0 bridgehead atoms. The van der Waals surface area contributed by atoms with Gasteiger partial charge in [0.2, 0.25) is 0 Å². The summed E-state index contributed by atoms with van der Waals surface area (Å²) in [7, 11) is 7.17. The molecule has 0 fully saturated rings. The standard InChI is InChI=1S/C26H30N8O2S2/c1-33-13-15-37-25(33)31-29-21-9-7-19(17-23(21)35-3)27-11-5-6-12-28-20-8-10-22(24(18-20)36-4)30-32-26-34(2)14-16-38-26/h7-10,13-18H,5-6,11-12H2,1-4H3/p+2. The van der Waals surface area contributed by atoms with Crippen LogP contribution in [-0.4, -0.2) is 27.3 Å². The fraction of sp³-hybridized carbons (Fsp3) is 0.308. The summed E-state index contributed by atoms with van der Waals surface area (Å²) in [6, 6.07) is 11.7. The fourth-order valence-corrected chi connectivity index (χ4v) is 4.86. The van der Waals surface area contributed by atoms with E-state index in [1.54, 1.807) is 14.2 Å². The number of benzene rings is 2. The third-order valence-electron chi connectivity index (χ3n) is 5.63. The van der Waals surface area contributed by atoms with Crippen molar-refractivity contribution in [2.75, 3.05) is 37.9 Å². The monoisotopic (exact) mass is 552 g/mol. The maximum absolute atomic E-state index is 5.52. The van der Waals surface area contributed by atoms with Crippen molar-refractivity contribution in [1.29, 1.82) is 0 Å². The van der Waals surface area contributed by atoms with E-state index in [-0.39, 0.29) is 0 Å². The number of unbranched alkanes of at least 4 members (excludes halogenated alkanes) is 1. The van der Waals surface area contributed by atoms with Gasteiger partial charge in [0, 0.05) is 47.4 Å². The largest absolute Gasteiger partial charge is 0.494 e. The minimum atomic E-state index is 0.681. The average Bonchev–Trinajstić information content (AvgIpc) is 3.55. The Kier molecular flexibility index (Phi) is 9.71. The average molecular weight is 553 g/mol. The number of azo groups is 2. The highest BCUT2D eigenvalue weighted by Gasteiger charge is 2.12. The van der Waals surface area contributed by atoms with Crippen molar-refractivity contribution < 1.29 is 18.6 Å². The molecule has 12 heteroatoms. The first-order valence-electron chi connectivity index (χ1n) is 12.1. The molecule has 10 nitrogen and oxygen atoms in total. The lowest BCUT2D eigenvalue weighted by Gasteiger charge is -2.11. The zero-order valence-electron chi connectivity index (χ0n) is 21.9. The summed E-state index contributed by atoms with van der Waals surface area (Å²) in [6.07, 6.45) is 5.92. The van der Waals surface area contributed by atoms with Gasteiger partial charge in [0.05, 0.1) is 38.5 Å². The highest BCUT2D eigenvalue weighted by Crippen LogP contribution is 2.33. The first kappa shape index (κ1) is 27.1. The van der Waals surface area contributed by atoms with Gasteiger partial charge in [-0.25, -0.2) is 9.13 Å². The van der Waals surface area contributed by atoms with E-state index in [1.165, 1.54) is 22.7 Å². The van der Waals surface area contributed by atoms with Crippen molar-refractivity contribution in [2.45, 2.75) is 12.8 Å². The van der Waals surface area contributed by atoms with Crippen LogP contribution < -0.4 is 29.2 Å². The number of hydrogen-bond acceptors (Lipinski definition) is 10. The van der Waals surface area contributed by atoms with E-state index in [4.69, 9.17) is 9.47 Å². The van der Waals surface area contributed by atoms with Crippen molar-refractivity contribution in [3.8, 4) is 11.5 Å². The van der Waals surface area contributed by atoms with Crippen molar-refractivity contribution in [2.24, 2.45) is 34.6 Å². The molecule has 2 heterocycles. The number of rotatable bonds is 13. The van der Waals surface area contributed by atoms with E-state index < -0.39 is 0 Å². The first-order valence-corrected chi connectivity index (χ1v) is 13.9. The van der Waals surface area contributed by atoms with Crippen molar-refractivity contribution in [3.63, 3.8) is 0 Å². The molecule has 0 unspecified atom stereocenters. The van der Waals surface area contributed by atoms with Crippen LogP contribution in [0.1, 0.15) is 12.8 Å². The first-order chi connectivity index (χ1) is 18.6. The molecule has 2 N–H and O–H groups in total. The summed E-state index contributed by atoms with van der Waals surface area (Å²) in [6.45, 7) is 1.69. The Balaban J connectivity index is 1.22. The van der Waals surface area contributed by atoms with Crippen molar-refractivity contribution >= 4 is 55.7 Å². The van der Waals surface area contributed by atoms with Crippen molar-refractivity contribution in [3.05, 3.63) is 59.6 Å². The SMILES string of the molecule is COc1cc(NCCCCNc2ccc(N=Nc3scc[n+]3C)c(OC)c2)ccc1N=Nc1scc[n+]1C. The summed E-state index contributed by atoms with van der Waals surface area (Å²) in [4.78, 5) is 0. The Bertz CT molecular complexity index is 1290. The Morgan fingerprint density at radius 3 is 1.50 bits per heavy atom. The molecule has 0 aliphatic rings. The molecule has 198 valence electrons. The third-order valence-corrected chi connectivity index (χ3v) is 7.30. The Morgan fingerprint density at radius 1 is 0.684 bits per heavy atom. The molecule has 2 aromatic carbocycles. The number of ether oxygens (including phenoxy) is 2. The Morgan fingerprint density at radius 2 is 1.13 bits per heavy atom. The van der Waals surface area contributed by atoms with Crippen LogP contribution in [-0.2, 0) is 14.1 Å². The molecule has 2 aromatic heterocycles. The topological polar surface area (TPSA) is 99.7 Å². The maximum Gasteiger partial charge on any atom is 0.408 e. The van der Waals surface area contributed by atoms with E-state index in [9.17, 15) is 0 Å². The molecule has 0 saturated heterocycles. The number of anilines is 2. The van der Waals surface area contributed by atoms with Gasteiger partial charge in [-0.2, -0.15) is 0 Å². The zero-order chi connectivity index (χ0) is 26.7. The predicted octanol–water partition coefficient (Wildman–Crippen LogP) is 6.61. The van der Waals surface area contributed by atoms with Gasteiger partial charge in [0.15, 0.2) is 22.9 Å². The molecule has 0 radical (unpaired) electrons. The molecule has 0 aliphatic carbocycles. The maximum atomic E-state index is 5.52. The zero-order valence-corrected chi connectivity index (χ0v) is 23.6. The lowest BCUT2D eigenvalue weighted by atomic mass is 10.2. The van der Waals surface area contributed by atoms with E-state index in [0.717, 1.165) is 47.6 Å². The number of thiazole rings is 2. The molecule has 38 heavy (non-hydrogen) atoms. The molecule has 0 atom stereocenters. The van der Waals surface area contributed by atoms with Crippen LogP contribution in [0.2, 0.25) is 0 Å². The Labute approximate surface area is 230 Å². The van der Waals surface area contributed by atoms with Crippen LogP contribution in [0.3, 0.4) is 0 Å². The summed E-state index contributed by atoms with van der Waals surface area (Å²) in [5.41, 5.74) is 3.36. The fourth-order valence-electron chi connectivity index (χ4n) is 3.50. The van der Waals surface area contributed by atoms with Gasteiger partial charge in [-0.3, -0.25) is 0 Å². The van der Waals surface area contributed by atoms with Gasteiger partial charge >= 0.3 is 10.3 Å². The molecular formula is C26H32N8O2S2+2. The number of aromatic nitrogens is 2. The summed E-state index contributed by atoms with van der Waals surface area (Å²) < 4.78 is 14.9. The minimum absolute atomic E-state index is 0.681. The molecule has 4 rings (SSSR count). The van der Waals surface area contributed by atoms with E-state index in [0.29, 0.717) is 22.9 Å². The molecule has 0 amide bonds. The highest BCUT2D eigenvalue weighted by molar-refractivity contribution is 7.13. The second kappa shape index (κ2) is 13.6. The third kappa shape index (κ3) is 7.33. The van der Waals surface area contributed by atoms with E-state index in [2.05, 4.69) is 31.1 Å². The van der Waals surface area contributed by atoms with Gasteiger partial charge in [0.1, 0.15) is 12.4 Å². The van der Waals surface area contributed by atoms with Crippen LogP contribution in [0.15, 0.2) is 80.0 Å². The second-order valence-corrected chi connectivity index (χ2v) is 10.1. The Hall–Kier alpha value is -3.90. The van der Waals surface area contributed by atoms with Crippen LogP contribution in [0.25, 0.3) is 0 Å². The smallest absolute Gasteiger partial charge is 0.408 e. The summed E-state index contributed by atoms with van der Waals surface area (Å²) >= 11 is 3.07. The molecular weight excluding hydrogens is 520 g/mol. The van der Waals surface area contributed by atoms with E-state index in [1.807, 2.05) is 82.8 Å². The minimum Gasteiger partial charge on any atom is -0.494 e. The van der Waals surface area contributed by atoms with Gasteiger partial charge in [-0.1, -0.05) is 0 Å². The lowest BCUT2D eigenvalue weighted by Crippen LogP contribution is -2.23. The predicted molar refractivity (Wildman–Crippen MR) is 152 cm³/mol. The number of nitrogens with one attached hydrogen (secondary N) is 2. The quantitative estimate of drug-likeness (QED) is 0.111. The number of aryl methyl sites for hydroxylation is 2. The van der Waals surface area contributed by atoms with Gasteiger partial charge in [0.25, 0.3) is 0 Å². The van der Waals surface area contributed by atoms with Crippen LogP contribution in [0, 0.1) is 0 Å². The lowest BCUT2D eigenvalue weighted by molar-refractivity contribution is -0.654. The summed E-state index contributed by atoms with van der Waals surface area (Å²) in [5.74, 6) is 1.36. The molecule has 4 aromatic rings. The summed E-state index contributed by atoms with van der Waals surface area (Å²) in [5, 5.41) is 29.8. The van der Waals surface area contributed by atoms with E-state index >= 15 is 0 Å². The number of methoxy groups -OCH3 is 2. The van der Waals surface area contributed by atoms with Gasteiger partial charge < -0.3 is 20.1 Å². The number of nitrogens with zero attached hydrogens (tertiary/aromatic N) is 6. The van der Waals surface area contributed by atoms with Gasteiger partial charge in [-0.05, 0) is 70.0 Å². The second-order valence-electron chi connectivity index (χ2n) is 8.33. The highest BCUT2D eigenvalue weighted by atomic mass is 32.1. The molecule has 0 spiro atoms.